The summed E-state index contributed by atoms with van der Waals surface area (Å²) in [5.41, 5.74) is 2.62. The van der Waals surface area contributed by atoms with Crippen LogP contribution in [0.1, 0.15) is 16.8 Å². The fourth-order valence-electron chi connectivity index (χ4n) is 2.02. The zero-order valence-electron chi connectivity index (χ0n) is 12.5. The van der Waals surface area contributed by atoms with Gasteiger partial charge in [0, 0.05) is 11.9 Å². The summed E-state index contributed by atoms with van der Waals surface area (Å²) in [6.45, 7) is 4.41. The van der Waals surface area contributed by atoms with Crippen LogP contribution in [0.5, 0.6) is 0 Å². The molecule has 2 aromatic rings. The van der Waals surface area contributed by atoms with Crippen LogP contribution in [-0.2, 0) is 16.6 Å². The first-order valence-corrected chi connectivity index (χ1v) is 8.83. The van der Waals surface area contributed by atoms with Crippen LogP contribution < -0.4 is 4.72 Å². The highest BCUT2D eigenvalue weighted by Gasteiger charge is 2.18. The minimum atomic E-state index is -3.59. The number of sulfonamides is 1. The van der Waals surface area contributed by atoms with Gasteiger partial charge in [-0.2, -0.15) is 0 Å². The molecule has 1 heterocycles. The summed E-state index contributed by atoms with van der Waals surface area (Å²) >= 11 is 1.29. The number of rotatable bonds is 5. The highest BCUT2D eigenvalue weighted by atomic mass is 32.2. The van der Waals surface area contributed by atoms with Crippen LogP contribution >= 0.6 is 11.3 Å². The van der Waals surface area contributed by atoms with Gasteiger partial charge in [0.15, 0.2) is 5.13 Å². The van der Waals surface area contributed by atoms with Crippen molar-refractivity contribution in [3.8, 4) is 0 Å². The van der Waals surface area contributed by atoms with Gasteiger partial charge in [0.2, 0.25) is 0 Å². The van der Waals surface area contributed by atoms with Crippen LogP contribution in [0.15, 0.2) is 28.5 Å². The number of aromatic nitrogens is 1. The van der Waals surface area contributed by atoms with Crippen LogP contribution in [0.4, 0.5) is 5.13 Å². The molecule has 0 bridgehead atoms. The maximum absolute atomic E-state index is 12.4. The Hall–Kier alpha value is -1.44. The summed E-state index contributed by atoms with van der Waals surface area (Å²) in [5.74, 6) is 0. The van der Waals surface area contributed by atoms with E-state index in [9.17, 15) is 8.42 Å². The van der Waals surface area contributed by atoms with Crippen molar-refractivity contribution in [3.63, 3.8) is 0 Å². The molecule has 0 aliphatic heterocycles. The van der Waals surface area contributed by atoms with Crippen molar-refractivity contribution in [1.82, 2.24) is 9.88 Å². The highest BCUT2D eigenvalue weighted by molar-refractivity contribution is 7.93. The second-order valence-corrected chi connectivity index (χ2v) is 7.77. The fourth-order valence-corrected chi connectivity index (χ4v) is 4.20. The van der Waals surface area contributed by atoms with Gasteiger partial charge in [-0.25, -0.2) is 13.4 Å². The maximum Gasteiger partial charge on any atom is 0.263 e. The van der Waals surface area contributed by atoms with Crippen molar-refractivity contribution in [1.29, 1.82) is 0 Å². The molecule has 0 radical (unpaired) electrons. The Bertz CT molecular complexity index is 736. The molecule has 5 nitrogen and oxygen atoms in total. The molecule has 0 saturated heterocycles. The van der Waals surface area contributed by atoms with E-state index >= 15 is 0 Å². The Kier molecular flexibility index (Phi) is 4.65. The van der Waals surface area contributed by atoms with E-state index in [1.165, 1.54) is 11.3 Å². The zero-order valence-corrected chi connectivity index (χ0v) is 14.2. The minimum Gasteiger partial charge on any atom is -0.304 e. The lowest BCUT2D eigenvalue weighted by Gasteiger charge is -2.09. The topological polar surface area (TPSA) is 62.3 Å². The van der Waals surface area contributed by atoms with Crippen molar-refractivity contribution in [2.75, 3.05) is 18.8 Å². The molecule has 7 heteroatoms. The number of benzene rings is 1. The van der Waals surface area contributed by atoms with Gasteiger partial charge in [0.1, 0.15) is 0 Å². The summed E-state index contributed by atoms with van der Waals surface area (Å²) in [6, 6.07) is 5.27. The lowest BCUT2D eigenvalue weighted by Crippen LogP contribution is -2.15. The number of hydrogen-bond acceptors (Lipinski definition) is 5. The van der Waals surface area contributed by atoms with Crippen molar-refractivity contribution in [2.24, 2.45) is 0 Å². The molecular weight excluding hydrogens is 306 g/mol. The smallest absolute Gasteiger partial charge is 0.263 e. The average Bonchev–Trinajstić information content (AvgIpc) is 2.73. The maximum atomic E-state index is 12.4. The Morgan fingerprint density at radius 2 is 2.00 bits per heavy atom. The summed E-state index contributed by atoms with van der Waals surface area (Å²) in [7, 11) is 0.295. The molecule has 21 heavy (non-hydrogen) atoms. The van der Waals surface area contributed by atoms with Crippen molar-refractivity contribution in [3.05, 3.63) is 40.4 Å². The number of aryl methyl sites for hydroxylation is 2. The summed E-state index contributed by atoms with van der Waals surface area (Å²) in [5, 5.41) is 2.26. The van der Waals surface area contributed by atoms with E-state index in [4.69, 9.17) is 0 Å². The standard InChI is InChI=1S/C14H19N3O2S2/c1-10-5-6-13(11(2)7-10)21(18,19)16-14-15-12(9-20-14)8-17(3)4/h5-7,9H,8H2,1-4H3,(H,15,16). The van der Waals surface area contributed by atoms with Crippen LogP contribution in [0, 0.1) is 13.8 Å². The summed E-state index contributed by atoms with van der Waals surface area (Å²) in [6.07, 6.45) is 0. The molecule has 2 rings (SSSR count). The van der Waals surface area contributed by atoms with Gasteiger partial charge in [0.25, 0.3) is 10.0 Å². The largest absolute Gasteiger partial charge is 0.304 e. The number of anilines is 1. The Morgan fingerprint density at radius 1 is 1.29 bits per heavy atom. The summed E-state index contributed by atoms with van der Waals surface area (Å²) in [4.78, 5) is 6.57. The first kappa shape index (κ1) is 15.9. The third kappa shape index (κ3) is 4.03. The molecule has 1 N–H and O–H groups in total. The van der Waals surface area contributed by atoms with Gasteiger partial charge < -0.3 is 4.90 Å². The minimum absolute atomic E-state index is 0.289. The third-order valence-corrected chi connectivity index (χ3v) is 5.31. The molecule has 1 aromatic heterocycles. The van der Waals surface area contributed by atoms with E-state index in [0.717, 1.165) is 16.8 Å². The van der Waals surface area contributed by atoms with Gasteiger partial charge in [0.05, 0.1) is 10.6 Å². The molecule has 0 unspecified atom stereocenters. The number of nitrogens with zero attached hydrogens (tertiary/aromatic N) is 2. The van der Waals surface area contributed by atoms with Crippen LogP contribution in [0.2, 0.25) is 0 Å². The first-order valence-electron chi connectivity index (χ1n) is 6.47. The van der Waals surface area contributed by atoms with E-state index in [1.54, 1.807) is 19.1 Å². The van der Waals surface area contributed by atoms with Crippen LogP contribution in [-0.4, -0.2) is 32.4 Å². The molecule has 0 aliphatic carbocycles. The normalized spacial score (nSPS) is 11.9. The number of nitrogens with one attached hydrogen (secondary N) is 1. The predicted octanol–water partition coefficient (Wildman–Crippen LogP) is 2.62. The van der Waals surface area contributed by atoms with E-state index in [-0.39, 0.29) is 4.90 Å². The first-order chi connectivity index (χ1) is 9.78. The molecule has 114 valence electrons. The third-order valence-electron chi connectivity index (χ3n) is 2.87. The summed E-state index contributed by atoms with van der Waals surface area (Å²) < 4.78 is 27.4. The van der Waals surface area contributed by atoms with E-state index in [0.29, 0.717) is 11.7 Å². The van der Waals surface area contributed by atoms with Crippen molar-refractivity contribution < 1.29 is 8.42 Å². The SMILES string of the molecule is Cc1ccc(S(=O)(=O)Nc2nc(CN(C)C)cs2)c(C)c1. The molecule has 0 fully saturated rings. The Morgan fingerprint density at radius 3 is 2.62 bits per heavy atom. The van der Waals surface area contributed by atoms with E-state index in [2.05, 4.69) is 9.71 Å². The average molecular weight is 325 g/mol. The van der Waals surface area contributed by atoms with Gasteiger partial charge in [-0.05, 0) is 39.6 Å². The van der Waals surface area contributed by atoms with E-state index < -0.39 is 10.0 Å². The van der Waals surface area contributed by atoms with Gasteiger partial charge in [-0.15, -0.1) is 11.3 Å². The lowest BCUT2D eigenvalue weighted by atomic mass is 10.2. The molecule has 0 atom stereocenters. The molecule has 1 aromatic carbocycles. The Balaban J connectivity index is 2.23. The molecule has 0 saturated carbocycles. The predicted molar refractivity (Wildman–Crippen MR) is 86.2 cm³/mol. The molecular formula is C14H19N3O2S2. The van der Waals surface area contributed by atoms with E-state index in [1.807, 2.05) is 37.4 Å². The Labute approximate surface area is 129 Å². The van der Waals surface area contributed by atoms with Gasteiger partial charge in [-0.1, -0.05) is 17.7 Å². The van der Waals surface area contributed by atoms with Crippen LogP contribution in [0.3, 0.4) is 0 Å². The number of hydrogen-bond donors (Lipinski definition) is 1. The highest BCUT2D eigenvalue weighted by Crippen LogP contribution is 2.23. The fraction of sp³-hybridized carbons (Fsp3) is 0.357. The zero-order chi connectivity index (χ0) is 15.6. The van der Waals surface area contributed by atoms with Gasteiger partial charge in [-0.3, -0.25) is 4.72 Å². The van der Waals surface area contributed by atoms with Gasteiger partial charge >= 0.3 is 0 Å². The van der Waals surface area contributed by atoms with Crippen molar-refractivity contribution >= 4 is 26.5 Å². The number of thiazole rings is 1. The van der Waals surface area contributed by atoms with Crippen LogP contribution in [0.25, 0.3) is 0 Å². The quantitative estimate of drug-likeness (QED) is 0.918. The second kappa shape index (κ2) is 6.13. The lowest BCUT2D eigenvalue weighted by molar-refractivity contribution is 0.398. The molecule has 0 aliphatic rings. The second-order valence-electron chi connectivity index (χ2n) is 5.26. The monoisotopic (exact) mass is 325 g/mol. The molecule has 0 amide bonds. The molecule has 0 spiro atoms. The van der Waals surface area contributed by atoms with Crippen molar-refractivity contribution in [2.45, 2.75) is 25.3 Å².